The van der Waals surface area contributed by atoms with Crippen molar-refractivity contribution in [2.75, 3.05) is 0 Å². The van der Waals surface area contributed by atoms with Crippen LogP contribution in [0.3, 0.4) is 0 Å². The summed E-state index contributed by atoms with van der Waals surface area (Å²) in [5.41, 5.74) is 0. The molecule has 0 saturated carbocycles. The number of halogens is 1. The Labute approximate surface area is 53.6 Å². The number of hydrogen-bond acceptors (Lipinski definition) is 0. The van der Waals surface area contributed by atoms with Gasteiger partial charge in [-0.2, -0.15) is 9.90 Å². The molecule has 0 fully saturated rings. The second-order valence-corrected chi connectivity index (χ2v) is 0. The molecule has 0 aliphatic carbocycles. The lowest BCUT2D eigenvalue weighted by molar-refractivity contribution is 2.50. The molecule has 0 aromatic carbocycles. The predicted octanol–water partition coefficient (Wildman–Crippen LogP) is 2.44. The van der Waals surface area contributed by atoms with Gasteiger partial charge in [-0.05, 0) is 0 Å². The molecule has 1 atom stereocenters. The monoisotopic (exact) mass is 202 g/mol. The molecular formula is C2H16IP. The minimum Gasteiger partial charge on any atom is -0.153 e. The van der Waals surface area contributed by atoms with E-state index < -0.39 is 0 Å². The van der Waals surface area contributed by atoms with Crippen LogP contribution in [-0.2, 0) is 0 Å². The van der Waals surface area contributed by atoms with E-state index in [2.05, 4.69) is 0 Å². The van der Waals surface area contributed by atoms with Crippen molar-refractivity contribution in [1.82, 2.24) is 0 Å². The Kier molecular flexibility index (Phi) is 148. The molecule has 0 N–H and O–H groups in total. The third-order valence-corrected chi connectivity index (χ3v) is 0. The summed E-state index contributed by atoms with van der Waals surface area (Å²) in [5, 5.41) is 0. The zero-order valence-electron chi connectivity index (χ0n) is 3.12. The van der Waals surface area contributed by atoms with Gasteiger partial charge in [0.1, 0.15) is 0 Å². The lowest BCUT2D eigenvalue weighted by Crippen LogP contribution is 0.143. The lowest BCUT2D eigenvalue weighted by Gasteiger charge is -0.153. The topological polar surface area (TPSA) is 0 Å². The Bertz CT molecular complexity index is 12.9. The standard InChI is InChI=1S/2CH4.HI.H3P.2H2/h2*1H4;1H;1H3;2*1H/i;;;;1+2T;. The van der Waals surface area contributed by atoms with Gasteiger partial charge in [-0.1, -0.05) is 14.9 Å². The first-order chi connectivity index (χ1) is 1.00. The summed E-state index contributed by atoms with van der Waals surface area (Å²) >= 11 is 0. The highest BCUT2D eigenvalue weighted by atomic mass is 127. The van der Waals surface area contributed by atoms with Crippen molar-refractivity contribution < 1.29 is 4.40 Å². The molecule has 0 aliphatic heterocycles. The van der Waals surface area contributed by atoms with Gasteiger partial charge in [0.25, 0.3) is 0 Å². The average molecular weight is 202 g/mol. The lowest BCUT2D eigenvalue weighted by atomic mass is 12.0. The molecule has 0 spiro atoms. The summed E-state index contributed by atoms with van der Waals surface area (Å²) in [4.78, 5) is 0. The van der Waals surface area contributed by atoms with E-state index in [0.717, 1.165) is 0 Å². The van der Waals surface area contributed by atoms with Crippen molar-refractivity contribution in [3.8, 4) is 0 Å². The Morgan fingerprint density at radius 1 is 1.50 bits per heavy atom. The smallest absolute Gasteiger partial charge is 0 e. The van der Waals surface area contributed by atoms with Crippen molar-refractivity contribution in [3.05, 3.63) is 0 Å². The van der Waals surface area contributed by atoms with Crippen molar-refractivity contribution >= 4 is 33.9 Å². The zero-order valence-corrected chi connectivity index (χ0v) is 4.86. The van der Waals surface area contributed by atoms with E-state index in [1.807, 2.05) is 0 Å². The highest BCUT2D eigenvalue weighted by Crippen LogP contribution is 0.886. The second kappa shape index (κ2) is 30.9. The summed E-state index contributed by atoms with van der Waals surface area (Å²) in [6.45, 7) is 0. The molecule has 36 valence electrons. The van der Waals surface area contributed by atoms with E-state index in [0.29, 0.717) is 0 Å². The first-order valence-corrected chi connectivity index (χ1v) is 0. The third kappa shape index (κ3) is 11.0. The molecule has 0 aromatic rings. The van der Waals surface area contributed by atoms with Crippen molar-refractivity contribution in [3.63, 3.8) is 0 Å². The summed E-state index contributed by atoms with van der Waals surface area (Å²) in [7, 11) is 0. The molecule has 0 rings (SSSR count). The van der Waals surface area contributed by atoms with E-state index in [1.54, 1.807) is 0 Å². The van der Waals surface area contributed by atoms with Crippen LogP contribution in [0.2, 0.25) is 0 Å². The minimum absolute atomic E-state index is 0. The minimum atomic E-state index is 0. The molecule has 1 unspecified atom stereocenters. The van der Waals surface area contributed by atoms with E-state index in [4.69, 9.17) is 2.97 Å². The largest absolute Gasteiger partial charge is 0.153 e. The highest BCUT2D eigenvalue weighted by molar-refractivity contribution is 14.0. The predicted molar refractivity (Wildman–Crippen MR) is 44.2 cm³/mol. The molecule has 0 bridgehead atoms. The maximum atomic E-state index is 5.00. The maximum absolute atomic E-state index is 5.00. The molecule has 0 radical (unpaired) electrons. The molecular weight excluding hydrogens is 182 g/mol. The van der Waals surface area contributed by atoms with Crippen LogP contribution in [0.5, 0.6) is 0 Å². The van der Waals surface area contributed by atoms with Crippen LogP contribution in [0.4, 0.5) is 0 Å². The average Bonchev–Trinajstić information content (AvgIpc) is 1.00. The van der Waals surface area contributed by atoms with Gasteiger partial charge in [-0.25, -0.2) is 0 Å². The summed E-state index contributed by atoms with van der Waals surface area (Å²) in [5.74, 6) is 0. The van der Waals surface area contributed by atoms with Crippen LogP contribution in [-0.4, -0.2) is 0 Å². The molecule has 0 saturated heterocycles. The van der Waals surface area contributed by atoms with Crippen molar-refractivity contribution in [1.29, 1.82) is 0 Å². The fourth-order valence-corrected chi connectivity index (χ4v) is 0. The number of rotatable bonds is 0. The molecule has 0 nitrogen and oxygen atoms in total. The van der Waals surface area contributed by atoms with E-state index >= 15 is 0 Å². The third-order valence-electron chi connectivity index (χ3n) is 0. The molecule has 0 aliphatic rings. The zero-order chi connectivity index (χ0) is 2.00. The van der Waals surface area contributed by atoms with Gasteiger partial charge in [0.05, 0.1) is 0 Å². The van der Waals surface area contributed by atoms with Gasteiger partial charge >= 0.3 is 0 Å². The van der Waals surface area contributed by atoms with Crippen molar-refractivity contribution in [2.24, 2.45) is 0 Å². The van der Waals surface area contributed by atoms with E-state index in [-0.39, 0.29) is 50.2 Å². The van der Waals surface area contributed by atoms with E-state index in [1.165, 1.54) is 0 Å². The van der Waals surface area contributed by atoms with E-state index in [9.17, 15) is 0 Å². The first kappa shape index (κ1) is 19.1. The summed E-state index contributed by atoms with van der Waals surface area (Å²) in [6.07, 6.45) is 0. The quantitative estimate of drug-likeness (QED) is 0.418. The van der Waals surface area contributed by atoms with Gasteiger partial charge in [0.15, 0.2) is 0 Å². The Hall–Kier alpha value is 1.16. The van der Waals surface area contributed by atoms with Crippen LogP contribution in [0.15, 0.2) is 0 Å². The van der Waals surface area contributed by atoms with Crippen LogP contribution < -0.4 is 0 Å². The van der Waals surface area contributed by atoms with Gasteiger partial charge in [-0.3, -0.25) is 0 Å². The highest BCUT2D eigenvalue weighted by Gasteiger charge is -0.0765. The normalized spacial score (nSPS) is 2.00. The first-order valence-electron chi connectivity index (χ1n) is 1.00. The molecule has 2 heteroatoms. The summed E-state index contributed by atoms with van der Waals surface area (Å²) < 4.78 is 10.0. The molecule has 0 amide bonds. The maximum Gasteiger partial charge on any atom is 0 e. The van der Waals surface area contributed by atoms with Gasteiger partial charge < -0.3 is 0 Å². The van der Waals surface area contributed by atoms with Crippen LogP contribution in [0.1, 0.15) is 19.2 Å². The van der Waals surface area contributed by atoms with Gasteiger partial charge in [0, 0.05) is 4.40 Å². The fourth-order valence-electron chi connectivity index (χ4n) is 0. The summed E-state index contributed by atoms with van der Waals surface area (Å²) in [6, 6.07) is 0. The fraction of sp³-hybridized carbons (Fsp3) is 1.00. The second-order valence-electron chi connectivity index (χ2n) is 0. The Morgan fingerprint density at radius 2 is 1.50 bits per heavy atom. The molecule has 0 heterocycles. The van der Waals surface area contributed by atoms with Gasteiger partial charge in [0.2, 0.25) is 0 Å². The molecule has 4 heavy (non-hydrogen) atoms. The van der Waals surface area contributed by atoms with Gasteiger partial charge in [-0.15, -0.1) is 24.0 Å². The Morgan fingerprint density at radius 3 is 1.50 bits per heavy atom. The van der Waals surface area contributed by atoms with Crippen LogP contribution >= 0.6 is 33.9 Å². The molecule has 0 aromatic heterocycles. The van der Waals surface area contributed by atoms with Crippen LogP contribution in [0.25, 0.3) is 0 Å². The van der Waals surface area contributed by atoms with Crippen molar-refractivity contribution in [2.45, 2.75) is 14.9 Å². The Balaban J connectivity index is -0.000000000500. The van der Waals surface area contributed by atoms with Crippen LogP contribution in [0, 0.1) is 0 Å². The number of hydrogen-bond donors (Lipinski definition) is 0. The SMILES string of the molecule is C.C.I.P.[3H][3H].[HH].